The molecule has 5 heteroatoms. The molecule has 0 saturated carbocycles. The van der Waals surface area contributed by atoms with Crippen molar-refractivity contribution in [2.24, 2.45) is 5.92 Å². The van der Waals surface area contributed by atoms with Crippen molar-refractivity contribution in [3.63, 3.8) is 0 Å². The first-order valence-corrected chi connectivity index (χ1v) is 6.16. The van der Waals surface area contributed by atoms with E-state index in [1.165, 1.54) is 0 Å². The number of carbonyl (C=O) groups excluding carboxylic acids is 1. The Hall–Kier alpha value is -1.36. The number of hydrogen-bond donors (Lipinski definition) is 3. The lowest BCUT2D eigenvalue weighted by molar-refractivity contribution is -0.125. The molecule has 1 unspecified atom stereocenters. The molecule has 2 atom stereocenters. The van der Waals surface area contributed by atoms with Gasteiger partial charge in [-0.15, -0.1) is 0 Å². The van der Waals surface area contributed by atoms with Crippen LogP contribution < -0.4 is 10.6 Å². The van der Waals surface area contributed by atoms with E-state index in [-0.39, 0.29) is 11.9 Å². The monoisotopic (exact) mass is 236 g/mol. The molecule has 1 saturated heterocycles. The van der Waals surface area contributed by atoms with Crippen LogP contribution in [0.1, 0.15) is 26.0 Å². The molecule has 17 heavy (non-hydrogen) atoms. The summed E-state index contributed by atoms with van der Waals surface area (Å²) in [5.74, 6) is 0.718. The number of imidazole rings is 1. The van der Waals surface area contributed by atoms with Gasteiger partial charge in [-0.25, -0.2) is 4.98 Å². The molecule has 1 aliphatic rings. The second-order valence-electron chi connectivity index (χ2n) is 5.07. The first-order chi connectivity index (χ1) is 8.15. The fraction of sp³-hybridized carbons (Fsp3) is 0.667. The highest BCUT2D eigenvalue weighted by Gasteiger charge is 2.28. The predicted molar refractivity (Wildman–Crippen MR) is 65.5 cm³/mol. The molecule has 0 aliphatic carbocycles. The molecule has 2 rings (SSSR count). The van der Waals surface area contributed by atoms with Crippen LogP contribution in [-0.2, 0) is 11.2 Å². The molecule has 0 aromatic carbocycles. The predicted octanol–water partition coefficient (Wildman–Crippen LogP) is 0.455. The van der Waals surface area contributed by atoms with Gasteiger partial charge in [-0.1, -0.05) is 13.8 Å². The van der Waals surface area contributed by atoms with Gasteiger partial charge in [0, 0.05) is 30.9 Å². The Labute approximate surface area is 101 Å². The Morgan fingerprint density at radius 3 is 3.00 bits per heavy atom. The van der Waals surface area contributed by atoms with Gasteiger partial charge in [0.15, 0.2) is 0 Å². The maximum atomic E-state index is 11.7. The Morgan fingerprint density at radius 2 is 2.35 bits per heavy atom. The van der Waals surface area contributed by atoms with Crippen LogP contribution in [0.25, 0.3) is 0 Å². The van der Waals surface area contributed by atoms with Crippen molar-refractivity contribution < 1.29 is 4.79 Å². The van der Waals surface area contributed by atoms with Crippen molar-refractivity contribution >= 4 is 5.91 Å². The molecule has 3 N–H and O–H groups in total. The van der Waals surface area contributed by atoms with Crippen molar-refractivity contribution in [1.82, 2.24) is 20.6 Å². The van der Waals surface area contributed by atoms with Crippen LogP contribution >= 0.6 is 0 Å². The number of amides is 1. The lowest BCUT2D eigenvalue weighted by Crippen LogP contribution is -2.59. The van der Waals surface area contributed by atoms with Gasteiger partial charge in [0.25, 0.3) is 0 Å². The number of rotatable bonds is 4. The number of aromatic nitrogens is 2. The molecule has 1 aromatic heterocycles. The van der Waals surface area contributed by atoms with Gasteiger partial charge < -0.3 is 15.6 Å². The molecular weight excluding hydrogens is 216 g/mol. The molecule has 0 spiro atoms. The highest BCUT2D eigenvalue weighted by Crippen LogP contribution is 2.10. The second-order valence-corrected chi connectivity index (χ2v) is 5.07. The Kier molecular flexibility index (Phi) is 3.78. The topological polar surface area (TPSA) is 69.8 Å². The first kappa shape index (κ1) is 12.1. The number of aromatic amines is 1. The van der Waals surface area contributed by atoms with Gasteiger partial charge in [-0.2, -0.15) is 0 Å². The van der Waals surface area contributed by atoms with Gasteiger partial charge in [0.1, 0.15) is 0 Å². The average molecular weight is 236 g/mol. The van der Waals surface area contributed by atoms with Gasteiger partial charge in [-0.3, -0.25) is 4.79 Å². The van der Waals surface area contributed by atoms with Crippen molar-refractivity contribution in [2.45, 2.75) is 38.8 Å². The van der Waals surface area contributed by atoms with E-state index in [9.17, 15) is 4.79 Å². The van der Waals surface area contributed by atoms with Crippen LogP contribution in [0.4, 0.5) is 0 Å². The highest BCUT2D eigenvalue weighted by molar-refractivity contribution is 5.82. The third-order valence-electron chi connectivity index (χ3n) is 3.01. The smallest absolute Gasteiger partial charge is 0.237 e. The van der Waals surface area contributed by atoms with E-state index in [2.05, 4.69) is 34.4 Å². The second kappa shape index (κ2) is 5.31. The van der Waals surface area contributed by atoms with Crippen LogP contribution in [0, 0.1) is 5.92 Å². The van der Waals surface area contributed by atoms with E-state index >= 15 is 0 Å². The van der Waals surface area contributed by atoms with E-state index in [1.54, 1.807) is 12.5 Å². The van der Waals surface area contributed by atoms with Crippen LogP contribution in [0.3, 0.4) is 0 Å². The number of nitrogens with one attached hydrogen (secondary N) is 3. The van der Waals surface area contributed by atoms with Crippen LogP contribution in [0.2, 0.25) is 0 Å². The summed E-state index contributed by atoms with van der Waals surface area (Å²) in [6.45, 7) is 5.13. The Balaban J connectivity index is 1.93. The molecule has 0 bridgehead atoms. The number of carbonyl (C=O) groups is 1. The summed E-state index contributed by atoms with van der Waals surface area (Å²) in [5, 5.41) is 6.38. The van der Waals surface area contributed by atoms with Crippen LogP contribution in [0.15, 0.2) is 12.5 Å². The Bertz CT molecular complexity index is 361. The molecule has 1 fully saturated rings. The van der Waals surface area contributed by atoms with Crippen LogP contribution in [-0.4, -0.2) is 34.5 Å². The molecule has 2 heterocycles. The third kappa shape index (κ3) is 3.30. The van der Waals surface area contributed by atoms with Crippen molar-refractivity contribution in [3.05, 3.63) is 18.2 Å². The summed E-state index contributed by atoms with van der Waals surface area (Å²) in [4.78, 5) is 18.7. The molecule has 1 aromatic rings. The van der Waals surface area contributed by atoms with E-state index in [1.807, 2.05) is 0 Å². The maximum absolute atomic E-state index is 11.7. The first-order valence-electron chi connectivity index (χ1n) is 6.16. The summed E-state index contributed by atoms with van der Waals surface area (Å²) in [6, 6.07) is 0.230. The summed E-state index contributed by atoms with van der Waals surface area (Å²) in [5.41, 5.74) is 0.989. The third-order valence-corrected chi connectivity index (χ3v) is 3.01. The fourth-order valence-corrected chi connectivity index (χ4v) is 2.25. The van der Waals surface area contributed by atoms with E-state index in [4.69, 9.17) is 0 Å². The molecule has 94 valence electrons. The quantitative estimate of drug-likeness (QED) is 0.711. The lowest BCUT2D eigenvalue weighted by atomic mass is 9.99. The zero-order valence-electron chi connectivity index (χ0n) is 10.4. The maximum Gasteiger partial charge on any atom is 0.237 e. The minimum absolute atomic E-state index is 0.0830. The summed E-state index contributed by atoms with van der Waals surface area (Å²) < 4.78 is 0. The normalized spacial score (nSPS) is 25.0. The summed E-state index contributed by atoms with van der Waals surface area (Å²) in [6.07, 6.45) is 5.16. The number of nitrogens with zero attached hydrogens (tertiary/aromatic N) is 1. The molecular formula is C12H20N4O. The number of H-pyrrole nitrogens is 1. The number of hydrogen-bond acceptors (Lipinski definition) is 3. The molecule has 0 radical (unpaired) electrons. The zero-order chi connectivity index (χ0) is 12.3. The largest absolute Gasteiger partial charge is 0.353 e. The van der Waals surface area contributed by atoms with Crippen LogP contribution in [0.5, 0.6) is 0 Å². The lowest BCUT2D eigenvalue weighted by Gasteiger charge is -2.31. The van der Waals surface area contributed by atoms with E-state index < -0.39 is 0 Å². The van der Waals surface area contributed by atoms with Gasteiger partial charge in [0.2, 0.25) is 5.91 Å². The minimum atomic E-state index is -0.145. The molecule has 5 nitrogen and oxygen atoms in total. The molecule has 1 aliphatic heterocycles. The number of piperazine rings is 1. The minimum Gasteiger partial charge on any atom is -0.353 e. The van der Waals surface area contributed by atoms with Crippen molar-refractivity contribution in [1.29, 1.82) is 0 Å². The summed E-state index contributed by atoms with van der Waals surface area (Å²) in [7, 11) is 0. The van der Waals surface area contributed by atoms with E-state index in [0.29, 0.717) is 18.4 Å². The van der Waals surface area contributed by atoms with E-state index in [0.717, 1.165) is 18.7 Å². The van der Waals surface area contributed by atoms with Gasteiger partial charge >= 0.3 is 0 Å². The summed E-state index contributed by atoms with van der Waals surface area (Å²) >= 11 is 0. The Morgan fingerprint density at radius 1 is 1.53 bits per heavy atom. The SMILES string of the molecule is CC(C)CC1CNC(=O)[C@H](Cc2cnc[nH]2)N1. The average Bonchev–Trinajstić information content (AvgIpc) is 2.75. The van der Waals surface area contributed by atoms with Gasteiger partial charge in [0.05, 0.1) is 12.4 Å². The zero-order valence-corrected chi connectivity index (χ0v) is 10.4. The van der Waals surface area contributed by atoms with Crippen molar-refractivity contribution in [3.8, 4) is 0 Å². The fourth-order valence-electron chi connectivity index (χ4n) is 2.25. The van der Waals surface area contributed by atoms with Crippen molar-refractivity contribution in [2.75, 3.05) is 6.54 Å². The standard InChI is InChI=1S/C12H20N4O/c1-8(2)3-10-6-14-12(17)11(16-10)4-9-5-13-7-15-9/h5,7-8,10-11,16H,3-4,6H2,1-2H3,(H,13,15)(H,14,17)/t10?,11-/m0/s1. The molecule has 1 amide bonds. The van der Waals surface area contributed by atoms with Gasteiger partial charge in [-0.05, 0) is 12.3 Å². The highest BCUT2D eigenvalue weighted by atomic mass is 16.2.